The van der Waals surface area contributed by atoms with Gasteiger partial charge in [-0.1, -0.05) is 35.4 Å². The highest BCUT2D eigenvalue weighted by Crippen LogP contribution is 2.25. The molecule has 22 heavy (non-hydrogen) atoms. The predicted octanol–water partition coefficient (Wildman–Crippen LogP) is 5.64. The molecule has 0 aromatic heterocycles. The molecule has 0 N–H and O–H groups in total. The summed E-state index contributed by atoms with van der Waals surface area (Å²) in [6.45, 7) is 12.6. The van der Waals surface area contributed by atoms with Gasteiger partial charge in [-0.25, -0.2) is 0 Å². The van der Waals surface area contributed by atoms with E-state index in [1.807, 2.05) is 0 Å². The summed E-state index contributed by atoms with van der Waals surface area (Å²) in [6.07, 6.45) is 3.56. The molecule has 2 aromatic rings. The summed E-state index contributed by atoms with van der Waals surface area (Å²) < 4.78 is 0. The molecule has 0 aliphatic heterocycles. The number of nitrogens with zero attached hydrogens (tertiary/aromatic N) is 2. The molecular weight excluding hydrogens is 268 g/mol. The molecule has 0 aliphatic carbocycles. The number of aliphatic imine (C=N–C) groups is 2. The first-order valence-electron chi connectivity index (χ1n) is 7.61. The molecule has 0 radical (unpaired) electrons. The average Bonchev–Trinajstić information content (AvgIpc) is 2.38. The van der Waals surface area contributed by atoms with E-state index in [9.17, 15) is 0 Å². The molecule has 0 amide bonds. The van der Waals surface area contributed by atoms with Crippen molar-refractivity contribution in [3.8, 4) is 0 Å². The Kier molecular flexibility index (Phi) is 4.92. The van der Waals surface area contributed by atoms with E-state index in [1.54, 1.807) is 12.4 Å². The molecule has 0 heterocycles. The third-order valence-corrected chi connectivity index (χ3v) is 3.74. The van der Waals surface area contributed by atoms with Crippen LogP contribution in [0.4, 0.5) is 11.4 Å². The molecule has 0 bridgehead atoms. The van der Waals surface area contributed by atoms with Crippen LogP contribution in [0, 0.1) is 41.5 Å². The Hall–Kier alpha value is -2.22. The third kappa shape index (κ3) is 3.70. The van der Waals surface area contributed by atoms with Crippen LogP contribution >= 0.6 is 0 Å². The maximum absolute atomic E-state index is 4.56. The lowest BCUT2D eigenvalue weighted by Crippen LogP contribution is -1.86. The van der Waals surface area contributed by atoms with Gasteiger partial charge in [-0.3, -0.25) is 9.98 Å². The lowest BCUT2D eigenvalue weighted by molar-refractivity contribution is 1.29. The number of hydrogen-bond acceptors (Lipinski definition) is 2. The molecule has 2 aromatic carbocycles. The predicted molar refractivity (Wildman–Crippen MR) is 97.6 cm³/mol. The normalized spacial score (nSPS) is 11.7. The van der Waals surface area contributed by atoms with E-state index in [-0.39, 0.29) is 0 Å². The van der Waals surface area contributed by atoms with Crippen molar-refractivity contribution in [1.82, 2.24) is 0 Å². The largest absolute Gasteiger partial charge is 0.255 e. The van der Waals surface area contributed by atoms with E-state index in [2.05, 4.69) is 75.8 Å². The van der Waals surface area contributed by atoms with Gasteiger partial charge in [-0.2, -0.15) is 0 Å². The molecule has 0 atom stereocenters. The van der Waals surface area contributed by atoms with Crippen LogP contribution in [0.5, 0.6) is 0 Å². The second-order valence-corrected chi connectivity index (χ2v) is 6.05. The highest BCUT2D eigenvalue weighted by atomic mass is 14.8. The summed E-state index contributed by atoms with van der Waals surface area (Å²) in [6, 6.07) is 8.63. The summed E-state index contributed by atoms with van der Waals surface area (Å²) in [5.74, 6) is 0. The Balaban J connectivity index is 2.24. The lowest BCUT2D eigenvalue weighted by atomic mass is 10.1. The fourth-order valence-electron chi connectivity index (χ4n) is 2.97. The highest BCUT2D eigenvalue weighted by molar-refractivity contribution is 6.17. The van der Waals surface area contributed by atoms with E-state index >= 15 is 0 Å². The third-order valence-electron chi connectivity index (χ3n) is 3.74. The number of rotatable bonds is 3. The minimum atomic E-state index is 1.04. The van der Waals surface area contributed by atoms with Crippen molar-refractivity contribution in [1.29, 1.82) is 0 Å². The zero-order valence-corrected chi connectivity index (χ0v) is 14.4. The Morgan fingerprint density at radius 3 is 1.09 bits per heavy atom. The monoisotopic (exact) mass is 292 g/mol. The molecule has 0 aliphatic rings. The Labute approximate surface area is 133 Å². The first kappa shape index (κ1) is 16.2. The van der Waals surface area contributed by atoms with E-state index in [0.29, 0.717) is 0 Å². The quantitative estimate of drug-likeness (QED) is 0.654. The molecular formula is C20H24N2. The van der Waals surface area contributed by atoms with Crippen LogP contribution in [0.2, 0.25) is 0 Å². The van der Waals surface area contributed by atoms with Crippen LogP contribution in [0.1, 0.15) is 33.4 Å². The fourth-order valence-corrected chi connectivity index (χ4v) is 2.97. The topological polar surface area (TPSA) is 24.7 Å². The van der Waals surface area contributed by atoms with E-state index in [0.717, 1.165) is 11.4 Å². The summed E-state index contributed by atoms with van der Waals surface area (Å²) in [5, 5.41) is 0. The van der Waals surface area contributed by atoms with Gasteiger partial charge in [-0.05, 0) is 63.8 Å². The first-order chi connectivity index (χ1) is 10.4. The number of hydrogen-bond donors (Lipinski definition) is 0. The average molecular weight is 292 g/mol. The summed E-state index contributed by atoms with van der Waals surface area (Å²) in [4.78, 5) is 9.13. The van der Waals surface area contributed by atoms with Crippen molar-refractivity contribution in [2.75, 3.05) is 0 Å². The minimum Gasteiger partial charge on any atom is -0.255 e. The second kappa shape index (κ2) is 6.69. The molecule has 0 saturated heterocycles. The lowest BCUT2D eigenvalue weighted by Gasteiger charge is -2.06. The van der Waals surface area contributed by atoms with Crippen molar-refractivity contribution >= 4 is 23.8 Å². The Bertz CT molecular complexity index is 641. The van der Waals surface area contributed by atoms with Crippen LogP contribution in [0.3, 0.4) is 0 Å². The van der Waals surface area contributed by atoms with Crippen molar-refractivity contribution in [3.05, 3.63) is 57.6 Å². The zero-order chi connectivity index (χ0) is 16.3. The van der Waals surface area contributed by atoms with Gasteiger partial charge in [0, 0.05) is 12.4 Å². The second-order valence-electron chi connectivity index (χ2n) is 6.05. The SMILES string of the molecule is Cc1cc(C)c(N=C/C=N/c2c(C)cc(C)cc2C)c(C)c1. The van der Waals surface area contributed by atoms with Crippen LogP contribution in [0.25, 0.3) is 0 Å². The molecule has 0 spiro atoms. The molecule has 2 heteroatoms. The van der Waals surface area contributed by atoms with E-state index in [4.69, 9.17) is 0 Å². The standard InChI is InChI=1S/C20H24N2/c1-13-9-15(3)19(16(4)10-13)21-7-8-22-20-17(5)11-14(2)12-18(20)6/h7-12H,1-6H3/b21-7+,22-8?. The van der Waals surface area contributed by atoms with Crippen molar-refractivity contribution in [2.24, 2.45) is 9.98 Å². The van der Waals surface area contributed by atoms with Gasteiger partial charge >= 0.3 is 0 Å². The maximum Gasteiger partial charge on any atom is 0.0688 e. The zero-order valence-electron chi connectivity index (χ0n) is 14.4. The van der Waals surface area contributed by atoms with Gasteiger partial charge in [0.05, 0.1) is 11.4 Å². The molecule has 114 valence electrons. The van der Waals surface area contributed by atoms with Gasteiger partial charge in [0.2, 0.25) is 0 Å². The summed E-state index contributed by atoms with van der Waals surface area (Å²) in [5.41, 5.74) is 9.41. The van der Waals surface area contributed by atoms with Gasteiger partial charge in [-0.15, -0.1) is 0 Å². The number of aryl methyl sites for hydroxylation is 6. The molecule has 2 nitrogen and oxygen atoms in total. The molecule has 0 fully saturated rings. The molecule has 0 saturated carbocycles. The van der Waals surface area contributed by atoms with Crippen LogP contribution in [-0.4, -0.2) is 12.4 Å². The molecule has 2 rings (SSSR count). The van der Waals surface area contributed by atoms with Gasteiger partial charge in [0.25, 0.3) is 0 Å². The van der Waals surface area contributed by atoms with Crippen LogP contribution in [0.15, 0.2) is 34.3 Å². The van der Waals surface area contributed by atoms with Gasteiger partial charge in [0.15, 0.2) is 0 Å². The van der Waals surface area contributed by atoms with Crippen molar-refractivity contribution in [2.45, 2.75) is 41.5 Å². The van der Waals surface area contributed by atoms with Crippen molar-refractivity contribution < 1.29 is 0 Å². The maximum atomic E-state index is 4.56. The fraction of sp³-hybridized carbons (Fsp3) is 0.300. The Morgan fingerprint density at radius 1 is 0.545 bits per heavy atom. The minimum absolute atomic E-state index is 1.04. The van der Waals surface area contributed by atoms with Gasteiger partial charge < -0.3 is 0 Å². The summed E-state index contributed by atoms with van der Waals surface area (Å²) in [7, 11) is 0. The first-order valence-corrected chi connectivity index (χ1v) is 7.61. The smallest absolute Gasteiger partial charge is 0.0688 e. The highest BCUT2D eigenvalue weighted by Gasteiger charge is 2.02. The Morgan fingerprint density at radius 2 is 0.818 bits per heavy atom. The van der Waals surface area contributed by atoms with Crippen LogP contribution < -0.4 is 0 Å². The van der Waals surface area contributed by atoms with E-state index < -0.39 is 0 Å². The van der Waals surface area contributed by atoms with Gasteiger partial charge in [0.1, 0.15) is 0 Å². The van der Waals surface area contributed by atoms with Crippen LogP contribution in [-0.2, 0) is 0 Å². The van der Waals surface area contributed by atoms with Crippen molar-refractivity contribution in [3.63, 3.8) is 0 Å². The van der Waals surface area contributed by atoms with E-state index in [1.165, 1.54) is 33.4 Å². The summed E-state index contributed by atoms with van der Waals surface area (Å²) >= 11 is 0. The molecule has 0 unspecified atom stereocenters. The number of benzene rings is 2.